The third-order valence-corrected chi connectivity index (χ3v) is 6.07. The van der Waals surface area contributed by atoms with Gasteiger partial charge in [0.15, 0.2) is 0 Å². The van der Waals surface area contributed by atoms with Gasteiger partial charge >= 0.3 is 0 Å². The highest BCUT2D eigenvalue weighted by molar-refractivity contribution is 7.13. The summed E-state index contributed by atoms with van der Waals surface area (Å²) in [6, 6.07) is 14.8. The number of nitrogens with one attached hydrogen (secondary N) is 3. The lowest BCUT2D eigenvalue weighted by atomic mass is 10.0. The van der Waals surface area contributed by atoms with E-state index in [0.29, 0.717) is 6.42 Å². The maximum atomic E-state index is 12.9. The van der Waals surface area contributed by atoms with Crippen LogP contribution in [0.5, 0.6) is 5.75 Å². The molecule has 0 saturated heterocycles. The van der Waals surface area contributed by atoms with Crippen LogP contribution in [-0.2, 0) is 11.2 Å². The number of aromatic amines is 1. The number of thiazole rings is 1. The molecule has 4 aromatic rings. The normalized spacial score (nSPS) is 12.0. The number of aromatic nitrogens is 2. The van der Waals surface area contributed by atoms with E-state index in [9.17, 15) is 9.59 Å². The minimum atomic E-state index is -0.723. The zero-order valence-electron chi connectivity index (χ0n) is 18.7. The summed E-state index contributed by atoms with van der Waals surface area (Å²) in [6.07, 6.45) is 2.34. The lowest BCUT2D eigenvalue weighted by molar-refractivity contribution is -0.122. The molecule has 0 unspecified atom stereocenters. The molecule has 7 nitrogen and oxygen atoms in total. The van der Waals surface area contributed by atoms with Crippen LogP contribution in [0.15, 0.2) is 60.1 Å². The van der Waals surface area contributed by atoms with Crippen molar-refractivity contribution in [2.75, 3.05) is 7.05 Å². The molecule has 3 N–H and O–H groups in total. The summed E-state index contributed by atoms with van der Waals surface area (Å²) in [5.41, 5.74) is 3.13. The van der Waals surface area contributed by atoms with Gasteiger partial charge in [0, 0.05) is 41.5 Å². The second kappa shape index (κ2) is 9.87. The first kappa shape index (κ1) is 22.5. The highest BCUT2D eigenvalue weighted by Gasteiger charge is 2.23. The Morgan fingerprint density at radius 3 is 2.61 bits per heavy atom. The summed E-state index contributed by atoms with van der Waals surface area (Å²) >= 11 is 1.38. The zero-order valence-corrected chi connectivity index (χ0v) is 19.5. The van der Waals surface area contributed by atoms with Crippen LogP contribution < -0.4 is 15.4 Å². The summed E-state index contributed by atoms with van der Waals surface area (Å²) in [6.45, 7) is 3.95. The topological polar surface area (TPSA) is 96.1 Å². The molecule has 0 aliphatic carbocycles. The van der Waals surface area contributed by atoms with E-state index in [1.54, 1.807) is 12.4 Å². The van der Waals surface area contributed by atoms with Crippen molar-refractivity contribution in [1.29, 1.82) is 0 Å². The van der Waals surface area contributed by atoms with Crippen molar-refractivity contribution in [1.82, 2.24) is 20.6 Å². The van der Waals surface area contributed by atoms with Gasteiger partial charge in [0.05, 0.1) is 6.10 Å². The fraction of sp³-hybridized carbons (Fsp3) is 0.240. The Bertz CT molecular complexity index is 1260. The first-order valence-corrected chi connectivity index (χ1v) is 11.6. The van der Waals surface area contributed by atoms with Gasteiger partial charge < -0.3 is 20.4 Å². The molecule has 0 aliphatic rings. The molecular formula is C25H26N4O3S. The second-order valence-corrected chi connectivity index (χ2v) is 8.79. The number of likely N-dealkylation sites (N-methyl/N-ethyl adjacent to an activating group) is 1. The molecule has 0 radical (unpaired) electrons. The molecule has 8 heteroatoms. The average molecular weight is 463 g/mol. The van der Waals surface area contributed by atoms with Crippen LogP contribution >= 0.6 is 11.3 Å². The van der Waals surface area contributed by atoms with Gasteiger partial charge in [0.2, 0.25) is 5.91 Å². The van der Waals surface area contributed by atoms with Gasteiger partial charge in [0.25, 0.3) is 5.91 Å². The Kier molecular flexibility index (Phi) is 6.74. The number of fused-ring (bicyclic) bond motifs is 1. The number of ether oxygens (including phenoxy) is 1. The lowest BCUT2D eigenvalue weighted by Gasteiger charge is -2.16. The largest absolute Gasteiger partial charge is 0.491 e. The SMILES string of the molecule is CNC(=O)[C@H](Cc1c[nH]c2ccccc12)NC(=O)c1csc(-c2ccc(OC(C)C)cc2)n1. The van der Waals surface area contributed by atoms with E-state index >= 15 is 0 Å². The molecule has 0 spiro atoms. The number of hydrogen-bond acceptors (Lipinski definition) is 5. The van der Waals surface area contributed by atoms with E-state index in [-0.39, 0.29) is 23.6 Å². The maximum absolute atomic E-state index is 12.9. The third kappa shape index (κ3) is 5.23. The summed E-state index contributed by atoms with van der Waals surface area (Å²) in [5.74, 6) is 0.143. The number of nitrogens with zero attached hydrogens (tertiary/aromatic N) is 1. The number of H-pyrrole nitrogens is 1. The van der Waals surface area contributed by atoms with Gasteiger partial charge in [0.1, 0.15) is 22.5 Å². The van der Waals surface area contributed by atoms with E-state index in [1.807, 2.05) is 68.6 Å². The number of hydrogen-bond donors (Lipinski definition) is 3. The van der Waals surface area contributed by atoms with E-state index in [0.717, 1.165) is 32.8 Å². The van der Waals surface area contributed by atoms with Crippen LogP contribution in [0.25, 0.3) is 21.5 Å². The average Bonchev–Trinajstić information content (AvgIpc) is 3.46. The first-order valence-electron chi connectivity index (χ1n) is 10.7. The van der Waals surface area contributed by atoms with Gasteiger partial charge in [-0.15, -0.1) is 11.3 Å². The van der Waals surface area contributed by atoms with Gasteiger partial charge in [-0.1, -0.05) is 18.2 Å². The van der Waals surface area contributed by atoms with Crippen molar-refractivity contribution in [2.45, 2.75) is 32.4 Å². The molecule has 4 rings (SSSR count). The number of amides is 2. The molecule has 1 atom stereocenters. The third-order valence-electron chi connectivity index (χ3n) is 5.18. The minimum Gasteiger partial charge on any atom is -0.491 e. The van der Waals surface area contributed by atoms with Crippen molar-refractivity contribution >= 4 is 34.1 Å². The summed E-state index contributed by atoms with van der Waals surface area (Å²) in [7, 11) is 1.56. The zero-order chi connectivity index (χ0) is 23.4. The first-order chi connectivity index (χ1) is 15.9. The Labute approximate surface area is 196 Å². The standard InChI is InChI=1S/C25H26N4O3S/c1-15(2)32-18-10-8-16(9-11-18)25-29-22(14-33-25)24(31)28-21(23(30)26-3)12-17-13-27-20-7-5-4-6-19(17)20/h4-11,13-15,21,27H,12H2,1-3H3,(H,26,30)(H,28,31)/t21-/m0/s1. The van der Waals surface area contributed by atoms with E-state index in [2.05, 4.69) is 20.6 Å². The predicted molar refractivity (Wildman–Crippen MR) is 131 cm³/mol. The second-order valence-electron chi connectivity index (χ2n) is 7.93. The van der Waals surface area contributed by atoms with Crippen LogP contribution in [0, 0.1) is 0 Å². The molecule has 0 bridgehead atoms. The molecule has 2 amide bonds. The fourth-order valence-corrected chi connectivity index (χ4v) is 4.40. The smallest absolute Gasteiger partial charge is 0.271 e. The Hall–Kier alpha value is -3.65. The van der Waals surface area contributed by atoms with Crippen molar-refractivity contribution < 1.29 is 14.3 Å². The lowest BCUT2D eigenvalue weighted by Crippen LogP contribution is -2.47. The quantitative estimate of drug-likeness (QED) is 0.366. The molecule has 33 heavy (non-hydrogen) atoms. The predicted octanol–water partition coefficient (Wildman–Crippen LogP) is 4.17. The number of benzene rings is 2. The van der Waals surface area contributed by atoms with E-state index < -0.39 is 6.04 Å². The molecular weight excluding hydrogens is 436 g/mol. The molecule has 170 valence electrons. The van der Waals surface area contributed by atoms with Gasteiger partial charge in [-0.05, 0) is 49.7 Å². The van der Waals surface area contributed by atoms with Crippen molar-refractivity contribution in [3.63, 3.8) is 0 Å². The van der Waals surface area contributed by atoms with Crippen LogP contribution in [0.1, 0.15) is 29.9 Å². The van der Waals surface area contributed by atoms with E-state index in [4.69, 9.17) is 4.74 Å². The molecule has 0 aliphatic heterocycles. The maximum Gasteiger partial charge on any atom is 0.271 e. The Balaban J connectivity index is 1.48. The number of carbonyl (C=O) groups is 2. The Morgan fingerprint density at radius 1 is 1.12 bits per heavy atom. The number of rotatable bonds is 8. The molecule has 2 heterocycles. The van der Waals surface area contributed by atoms with Crippen LogP contribution in [-0.4, -0.2) is 41.0 Å². The highest BCUT2D eigenvalue weighted by Crippen LogP contribution is 2.26. The number of carbonyl (C=O) groups excluding carboxylic acids is 2. The van der Waals surface area contributed by atoms with Crippen LogP contribution in [0.3, 0.4) is 0 Å². The van der Waals surface area contributed by atoms with Crippen LogP contribution in [0.2, 0.25) is 0 Å². The molecule has 0 fully saturated rings. The fourth-order valence-electron chi connectivity index (χ4n) is 3.59. The molecule has 0 saturated carbocycles. The van der Waals surface area contributed by atoms with Gasteiger partial charge in [-0.2, -0.15) is 0 Å². The molecule has 2 aromatic carbocycles. The Morgan fingerprint density at radius 2 is 1.88 bits per heavy atom. The van der Waals surface area contributed by atoms with Gasteiger partial charge in [-0.25, -0.2) is 4.98 Å². The van der Waals surface area contributed by atoms with Crippen molar-refractivity contribution in [3.8, 4) is 16.3 Å². The number of para-hydroxylation sites is 1. The summed E-state index contributed by atoms with van der Waals surface area (Å²) in [5, 5.41) is 8.94. The van der Waals surface area contributed by atoms with Crippen molar-refractivity contribution in [3.05, 3.63) is 71.4 Å². The van der Waals surface area contributed by atoms with Crippen LogP contribution in [0.4, 0.5) is 0 Å². The van der Waals surface area contributed by atoms with Crippen molar-refractivity contribution in [2.24, 2.45) is 0 Å². The van der Waals surface area contributed by atoms with Gasteiger partial charge in [-0.3, -0.25) is 9.59 Å². The summed E-state index contributed by atoms with van der Waals surface area (Å²) < 4.78 is 5.67. The minimum absolute atomic E-state index is 0.100. The highest BCUT2D eigenvalue weighted by atomic mass is 32.1. The summed E-state index contributed by atoms with van der Waals surface area (Å²) in [4.78, 5) is 33.1. The monoisotopic (exact) mass is 462 g/mol. The van der Waals surface area contributed by atoms with E-state index in [1.165, 1.54) is 11.3 Å². The molecule has 2 aromatic heterocycles.